The van der Waals surface area contributed by atoms with Crippen LogP contribution in [0.4, 0.5) is 5.69 Å². The second-order valence-electron chi connectivity index (χ2n) is 3.72. The third-order valence-corrected chi connectivity index (χ3v) is 4.00. The Labute approximate surface area is 115 Å². The number of thiazole rings is 1. The van der Waals surface area contributed by atoms with Crippen LogP contribution in [0.25, 0.3) is 0 Å². The quantitative estimate of drug-likeness (QED) is 0.886. The third-order valence-electron chi connectivity index (χ3n) is 2.37. The number of hydrogen-bond acceptors (Lipinski definition) is 3. The van der Waals surface area contributed by atoms with Gasteiger partial charge in [0.1, 0.15) is 0 Å². The van der Waals surface area contributed by atoms with Gasteiger partial charge < -0.3 is 5.32 Å². The molecule has 2 aromatic rings. The highest BCUT2D eigenvalue weighted by Crippen LogP contribution is 2.27. The fourth-order valence-corrected chi connectivity index (χ4v) is 2.78. The van der Waals surface area contributed by atoms with Gasteiger partial charge >= 0.3 is 0 Å². The van der Waals surface area contributed by atoms with Gasteiger partial charge in [0.25, 0.3) is 0 Å². The zero-order valence-electron chi connectivity index (χ0n) is 9.55. The molecule has 5 heteroatoms. The summed E-state index contributed by atoms with van der Waals surface area (Å²) in [6, 6.07) is 5.39. The number of hydrogen-bond donors (Lipinski definition) is 1. The topological polar surface area (TPSA) is 24.9 Å². The molecule has 0 aliphatic rings. The van der Waals surface area contributed by atoms with Crippen LogP contribution in [0.15, 0.2) is 18.2 Å². The molecule has 0 saturated carbocycles. The van der Waals surface area contributed by atoms with Crippen LogP contribution in [0.2, 0.25) is 10.0 Å². The Bertz CT molecular complexity index is 537. The lowest BCUT2D eigenvalue weighted by molar-refractivity contribution is 1.11. The SMILES string of the molecule is Cc1nc(C)c(CNc2cc(Cl)ccc2Cl)s1. The number of benzene rings is 1. The van der Waals surface area contributed by atoms with Crippen molar-refractivity contribution >= 4 is 40.2 Å². The van der Waals surface area contributed by atoms with E-state index in [1.807, 2.05) is 19.9 Å². The van der Waals surface area contributed by atoms with Crippen molar-refractivity contribution in [1.82, 2.24) is 4.98 Å². The minimum atomic E-state index is 0.674. The zero-order chi connectivity index (χ0) is 12.4. The maximum atomic E-state index is 6.07. The van der Waals surface area contributed by atoms with E-state index in [0.29, 0.717) is 10.0 Å². The number of anilines is 1. The van der Waals surface area contributed by atoms with Crippen LogP contribution in [0, 0.1) is 13.8 Å². The van der Waals surface area contributed by atoms with E-state index in [4.69, 9.17) is 23.2 Å². The second kappa shape index (κ2) is 5.25. The van der Waals surface area contributed by atoms with Crippen molar-refractivity contribution in [2.24, 2.45) is 0 Å². The molecule has 17 heavy (non-hydrogen) atoms. The summed E-state index contributed by atoms with van der Waals surface area (Å²) in [5.74, 6) is 0. The predicted molar refractivity (Wildman–Crippen MR) is 75.4 cm³/mol. The summed E-state index contributed by atoms with van der Waals surface area (Å²) in [4.78, 5) is 5.60. The summed E-state index contributed by atoms with van der Waals surface area (Å²) in [7, 11) is 0. The summed E-state index contributed by atoms with van der Waals surface area (Å²) in [6.07, 6.45) is 0. The van der Waals surface area contributed by atoms with E-state index in [0.717, 1.165) is 22.9 Å². The van der Waals surface area contributed by atoms with Crippen LogP contribution in [-0.4, -0.2) is 4.98 Å². The van der Waals surface area contributed by atoms with Gasteiger partial charge in [0.15, 0.2) is 0 Å². The van der Waals surface area contributed by atoms with E-state index in [2.05, 4.69) is 10.3 Å². The third kappa shape index (κ3) is 3.12. The largest absolute Gasteiger partial charge is 0.379 e. The van der Waals surface area contributed by atoms with Gasteiger partial charge in [-0.1, -0.05) is 23.2 Å². The smallest absolute Gasteiger partial charge is 0.0900 e. The molecule has 2 rings (SSSR count). The van der Waals surface area contributed by atoms with E-state index in [1.165, 1.54) is 4.88 Å². The molecule has 1 aromatic heterocycles. The summed E-state index contributed by atoms with van der Waals surface area (Å²) >= 11 is 13.7. The van der Waals surface area contributed by atoms with Crippen molar-refractivity contribution in [3.63, 3.8) is 0 Å². The Hall–Kier alpha value is -0.770. The summed E-state index contributed by atoms with van der Waals surface area (Å²) in [5.41, 5.74) is 1.92. The van der Waals surface area contributed by atoms with E-state index >= 15 is 0 Å². The maximum Gasteiger partial charge on any atom is 0.0900 e. The van der Waals surface area contributed by atoms with E-state index in [-0.39, 0.29) is 0 Å². The highest BCUT2D eigenvalue weighted by atomic mass is 35.5. The van der Waals surface area contributed by atoms with Gasteiger partial charge in [0.2, 0.25) is 0 Å². The molecule has 1 N–H and O–H groups in total. The van der Waals surface area contributed by atoms with Crippen LogP contribution in [0.5, 0.6) is 0 Å². The average molecular weight is 287 g/mol. The fourth-order valence-electron chi connectivity index (χ4n) is 1.55. The summed E-state index contributed by atoms with van der Waals surface area (Å²) < 4.78 is 0. The first-order chi connectivity index (χ1) is 8.06. The summed E-state index contributed by atoms with van der Waals surface area (Å²) in [6.45, 7) is 4.74. The lowest BCUT2D eigenvalue weighted by Crippen LogP contribution is -1.99. The van der Waals surface area contributed by atoms with Crippen molar-refractivity contribution in [1.29, 1.82) is 0 Å². The van der Waals surface area contributed by atoms with Crippen molar-refractivity contribution in [2.45, 2.75) is 20.4 Å². The van der Waals surface area contributed by atoms with E-state index in [9.17, 15) is 0 Å². The molecule has 0 atom stereocenters. The molecule has 1 heterocycles. The van der Waals surface area contributed by atoms with Gasteiger partial charge in [-0.25, -0.2) is 4.98 Å². The number of aromatic nitrogens is 1. The minimum Gasteiger partial charge on any atom is -0.379 e. The average Bonchev–Trinajstić information content (AvgIpc) is 2.59. The number of rotatable bonds is 3. The molecule has 0 amide bonds. The maximum absolute atomic E-state index is 6.07. The molecule has 0 saturated heterocycles. The first kappa shape index (κ1) is 12.7. The first-order valence-electron chi connectivity index (χ1n) is 5.18. The molecule has 0 bridgehead atoms. The predicted octanol–water partition coefficient (Wildman–Crippen LogP) is 4.68. The molecule has 1 aromatic carbocycles. The number of halogens is 2. The molecule has 0 spiro atoms. The Balaban J connectivity index is 2.12. The Morgan fingerprint density at radius 3 is 2.71 bits per heavy atom. The Morgan fingerprint density at radius 2 is 2.06 bits per heavy atom. The van der Waals surface area contributed by atoms with Crippen LogP contribution in [0.1, 0.15) is 15.6 Å². The van der Waals surface area contributed by atoms with Crippen LogP contribution >= 0.6 is 34.5 Å². The molecule has 90 valence electrons. The first-order valence-corrected chi connectivity index (χ1v) is 6.75. The van der Waals surface area contributed by atoms with Crippen LogP contribution < -0.4 is 5.32 Å². The fraction of sp³-hybridized carbons (Fsp3) is 0.250. The van der Waals surface area contributed by atoms with E-state index in [1.54, 1.807) is 23.5 Å². The zero-order valence-corrected chi connectivity index (χ0v) is 11.9. The van der Waals surface area contributed by atoms with Gasteiger partial charge in [-0.2, -0.15) is 0 Å². The molecule has 0 aliphatic heterocycles. The highest BCUT2D eigenvalue weighted by molar-refractivity contribution is 7.11. The van der Waals surface area contributed by atoms with Crippen LogP contribution in [-0.2, 0) is 6.54 Å². The molecule has 0 fully saturated rings. The second-order valence-corrected chi connectivity index (χ2v) is 5.85. The molecule has 2 nitrogen and oxygen atoms in total. The molecule has 0 unspecified atom stereocenters. The van der Waals surface area contributed by atoms with Gasteiger partial charge in [-0.3, -0.25) is 0 Å². The normalized spacial score (nSPS) is 10.6. The van der Waals surface area contributed by atoms with Crippen LogP contribution in [0.3, 0.4) is 0 Å². The number of aryl methyl sites for hydroxylation is 2. The number of nitrogens with one attached hydrogen (secondary N) is 1. The van der Waals surface area contributed by atoms with Crippen molar-refractivity contribution < 1.29 is 0 Å². The van der Waals surface area contributed by atoms with Gasteiger partial charge in [0, 0.05) is 9.90 Å². The standard InChI is InChI=1S/C12H12Cl2N2S/c1-7-12(17-8(2)16-7)6-15-11-5-9(13)3-4-10(11)14/h3-5,15H,6H2,1-2H3. The monoisotopic (exact) mass is 286 g/mol. The van der Waals surface area contributed by atoms with Crippen molar-refractivity contribution in [3.8, 4) is 0 Å². The minimum absolute atomic E-state index is 0.674. The molecule has 0 radical (unpaired) electrons. The lowest BCUT2D eigenvalue weighted by Gasteiger charge is -2.07. The van der Waals surface area contributed by atoms with Crippen molar-refractivity contribution in [2.75, 3.05) is 5.32 Å². The van der Waals surface area contributed by atoms with E-state index < -0.39 is 0 Å². The van der Waals surface area contributed by atoms with Crippen molar-refractivity contribution in [3.05, 3.63) is 43.8 Å². The highest BCUT2D eigenvalue weighted by Gasteiger charge is 2.06. The Kier molecular flexibility index (Phi) is 3.92. The molecular weight excluding hydrogens is 275 g/mol. The summed E-state index contributed by atoms with van der Waals surface area (Å²) in [5, 5.41) is 5.71. The molecular formula is C12H12Cl2N2S. The lowest BCUT2D eigenvalue weighted by atomic mass is 10.3. The van der Waals surface area contributed by atoms with Gasteiger partial charge in [-0.05, 0) is 32.0 Å². The van der Waals surface area contributed by atoms with Gasteiger partial charge in [-0.15, -0.1) is 11.3 Å². The number of nitrogens with zero attached hydrogens (tertiary/aromatic N) is 1. The Morgan fingerprint density at radius 1 is 1.29 bits per heavy atom. The molecule has 0 aliphatic carbocycles. The van der Waals surface area contributed by atoms with Gasteiger partial charge in [0.05, 0.1) is 28.0 Å².